The molecule has 1 aliphatic carbocycles. The highest BCUT2D eigenvalue weighted by Crippen LogP contribution is 2.60. The van der Waals surface area contributed by atoms with Gasteiger partial charge in [-0.3, -0.25) is 4.57 Å². The lowest BCUT2D eigenvalue weighted by Gasteiger charge is -2.44. The van der Waals surface area contributed by atoms with Crippen LogP contribution in [0.15, 0.2) is 0 Å². The molecule has 0 amide bonds. The molecule has 0 heterocycles. The lowest BCUT2D eigenvalue weighted by atomic mass is 9.87. The van der Waals surface area contributed by atoms with Crippen molar-refractivity contribution in [3.63, 3.8) is 0 Å². The van der Waals surface area contributed by atoms with E-state index in [1.54, 1.807) is 0 Å². The molecular formula is C18H36N2O4P2. The Balaban J connectivity index is 2.88. The first kappa shape index (κ1) is 23.9. The predicted octanol–water partition coefficient (Wildman–Crippen LogP) is 5.34. The highest BCUT2D eigenvalue weighted by Gasteiger charge is 2.42. The largest absolute Gasteiger partial charge is 0.330 e. The summed E-state index contributed by atoms with van der Waals surface area (Å²) in [5, 5.41) is 9.06. The lowest BCUT2D eigenvalue weighted by Crippen LogP contribution is -2.40. The molecule has 1 fully saturated rings. The van der Waals surface area contributed by atoms with Gasteiger partial charge in [-0.05, 0) is 31.6 Å². The van der Waals surface area contributed by atoms with Crippen molar-refractivity contribution in [2.24, 2.45) is 5.92 Å². The van der Waals surface area contributed by atoms with Gasteiger partial charge in [0.05, 0.1) is 12.2 Å². The van der Waals surface area contributed by atoms with Crippen LogP contribution in [0.3, 0.4) is 0 Å². The Kier molecular flexibility index (Phi) is 9.54. The van der Waals surface area contributed by atoms with Crippen molar-refractivity contribution in [2.45, 2.75) is 77.2 Å². The average Bonchev–Trinajstić information content (AvgIpc) is 2.62. The van der Waals surface area contributed by atoms with Gasteiger partial charge in [-0.1, -0.05) is 27.7 Å². The zero-order chi connectivity index (χ0) is 20.0. The Morgan fingerprint density at radius 3 is 1.92 bits per heavy atom. The molecule has 0 atom stereocenters. The summed E-state index contributed by atoms with van der Waals surface area (Å²) in [7, 11) is -2.69. The summed E-state index contributed by atoms with van der Waals surface area (Å²) in [6, 6.07) is 2.43. The lowest BCUT2D eigenvalue weighted by molar-refractivity contribution is 0.210. The Hall–Kier alpha value is -0.170. The normalized spacial score (nSPS) is 22.2. The SMILES string of the molecule is COP(=O)(CC1CCC(N(CCC#N)P(=O)(C(C)C)C(C)C)CC1)OC. The maximum Gasteiger partial charge on any atom is 0.330 e. The molecule has 0 aromatic carbocycles. The number of hydrogen-bond donors (Lipinski definition) is 0. The van der Waals surface area contributed by atoms with Gasteiger partial charge in [-0.2, -0.15) is 5.26 Å². The van der Waals surface area contributed by atoms with Crippen LogP contribution >= 0.6 is 14.9 Å². The molecule has 8 heteroatoms. The molecule has 0 saturated heterocycles. The van der Waals surface area contributed by atoms with Crippen molar-refractivity contribution in [2.75, 3.05) is 26.9 Å². The first-order valence-electron chi connectivity index (χ1n) is 9.58. The fourth-order valence-corrected chi connectivity index (χ4v) is 9.09. The summed E-state index contributed by atoms with van der Waals surface area (Å²) in [5.41, 5.74) is 0.141. The summed E-state index contributed by atoms with van der Waals surface area (Å²) >= 11 is 0. The minimum Gasteiger partial charge on any atom is -0.312 e. The standard InChI is InChI=1S/C18H36N2O4P2/c1-15(2)26(22,16(3)4)20(13-7-12-19)18-10-8-17(9-11-18)14-25(21,23-5)24-6/h15-18H,7-11,13-14H2,1-6H3. The third-order valence-electron chi connectivity index (χ3n) is 5.61. The van der Waals surface area contributed by atoms with Crippen LogP contribution in [0.2, 0.25) is 0 Å². The van der Waals surface area contributed by atoms with Gasteiger partial charge < -0.3 is 13.6 Å². The van der Waals surface area contributed by atoms with Crippen LogP contribution in [0.25, 0.3) is 0 Å². The summed E-state index contributed by atoms with van der Waals surface area (Å²) < 4.78 is 38.5. The van der Waals surface area contributed by atoms with Gasteiger partial charge in [0, 0.05) is 44.5 Å². The zero-order valence-corrected chi connectivity index (χ0v) is 19.0. The number of nitriles is 1. The first-order chi connectivity index (χ1) is 12.1. The van der Waals surface area contributed by atoms with Gasteiger partial charge in [0.25, 0.3) is 0 Å². The van der Waals surface area contributed by atoms with E-state index in [-0.39, 0.29) is 17.4 Å². The van der Waals surface area contributed by atoms with E-state index in [0.717, 1.165) is 25.7 Å². The summed E-state index contributed by atoms with van der Waals surface area (Å²) in [4.78, 5) is 0. The summed E-state index contributed by atoms with van der Waals surface area (Å²) in [6.45, 7) is 8.67. The fraction of sp³-hybridized carbons (Fsp3) is 0.944. The molecule has 0 radical (unpaired) electrons. The molecule has 6 nitrogen and oxygen atoms in total. The smallest absolute Gasteiger partial charge is 0.312 e. The molecule has 0 N–H and O–H groups in total. The summed E-state index contributed by atoms with van der Waals surface area (Å²) in [5.74, 6) is 0.298. The highest BCUT2D eigenvalue weighted by atomic mass is 31.2. The van der Waals surface area contributed by atoms with Crippen LogP contribution in [0, 0.1) is 17.2 Å². The van der Waals surface area contributed by atoms with Crippen LogP contribution in [0.5, 0.6) is 0 Å². The zero-order valence-electron chi connectivity index (χ0n) is 17.2. The molecule has 1 aliphatic rings. The number of nitrogens with zero attached hydrogens (tertiary/aromatic N) is 2. The molecule has 0 unspecified atom stereocenters. The molecule has 26 heavy (non-hydrogen) atoms. The second-order valence-corrected chi connectivity index (χ2v) is 14.0. The van der Waals surface area contributed by atoms with Gasteiger partial charge in [0.15, 0.2) is 7.29 Å². The Bertz CT molecular complexity index is 546. The second kappa shape index (κ2) is 10.4. The topological polar surface area (TPSA) is 79.6 Å². The third kappa shape index (κ3) is 5.66. The molecule has 0 aliphatic heterocycles. The second-order valence-electron chi connectivity index (χ2n) is 7.76. The summed E-state index contributed by atoms with van der Waals surface area (Å²) in [6.07, 6.45) is 4.49. The van der Waals surface area contributed by atoms with Gasteiger partial charge in [0.1, 0.15) is 0 Å². The Morgan fingerprint density at radius 1 is 1.04 bits per heavy atom. The molecular weight excluding hydrogens is 370 g/mol. The highest BCUT2D eigenvalue weighted by molar-refractivity contribution is 7.62. The van der Waals surface area contributed by atoms with Crippen molar-refractivity contribution < 1.29 is 18.2 Å². The third-order valence-corrected chi connectivity index (χ3v) is 12.0. The van der Waals surface area contributed by atoms with E-state index in [4.69, 9.17) is 14.3 Å². The van der Waals surface area contributed by atoms with Crippen molar-refractivity contribution in [3.8, 4) is 6.07 Å². The van der Waals surface area contributed by atoms with Crippen molar-refractivity contribution in [3.05, 3.63) is 0 Å². The Morgan fingerprint density at radius 2 is 1.54 bits per heavy atom. The van der Waals surface area contributed by atoms with Gasteiger partial charge in [-0.15, -0.1) is 0 Å². The van der Waals surface area contributed by atoms with E-state index in [0.29, 0.717) is 25.0 Å². The van der Waals surface area contributed by atoms with Gasteiger partial charge >= 0.3 is 7.60 Å². The predicted molar refractivity (Wildman–Crippen MR) is 107 cm³/mol. The van der Waals surface area contributed by atoms with Gasteiger partial charge in [-0.25, -0.2) is 4.67 Å². The van der Waals surface area contributed by atoms with E-state index in [1.807, 2.05) is 27.7 Å². The maximum atomic E-state index is 13.9. The first-order valence-corrected chi connectivity index (χ1v) is 13.1. The molecule has 1 saturated carbocycles. The average molecular weight is 406 g/mol. The van der Waals surface area contributed by atoms with Crippen LogP contribution in [-0.4, -0.2) is 49.0 Å². The molecule has 1 rings (SSSR count). The number of hydrogen-bond acceptors (Lipinski definition) is 5. The van der Waals surface area contributed by atoms with Crippen molar-refractivity contribution in [1.29, 1.82) is 5.26 Å². The molecule has 152 valence electrons. The minimum absolute atomic E-state index is 0.0705. The van der Waals surface area contributed by atoms with Crippen LogP contribution < -0.4 is 0 Å². The van der Waals surface area contributed by atoms with Crippen molar-refractivity contribution in [1.82, 2.24) is 4.67 Å². The number of rotatable bonds is 10. The minimum atomic E-state index is -2.99. The van der Waals surface area contributed by atoms with Crippen LogP contribution in [0.4, 0.5) is 0 Å². The molecule has 0 aromatic heterocycles. The Labute approximate surface area is 159 Å². The molecule has 0 spiro atoms. The van der Waals surface area contributed by atoms with Crippen LogP contribution in [0.1, 0.15) is 59.8 Å². The monoisotopic (exact) mass is 406 g/mol. The molecule has 0 bridgehead atoms. The van der Waals surface area contributed by atoms with E-state index < -0.39 is 14.9 Å². The van der Waals surface area contributed by atoms with Crippen LogP contribution in [-0.2, 0) is 18.2 Å². The van der Waals surface area contributed by atoms with E-state index in [9.17, 15) is 9.13 Å². The van der Waals surface area contributed by atoms with E-state index in [2.05, 4.69) is 10.7 Å². The maximum absolute atomic E-state index is 13.9. The van der Waals surface area contributed by atoms with E-state index in [1.165, 1.54) is 14.2 Å². The molecule has 0 aromatic rings. The van der Waals surface area contributed by atoms with Gasteiger partial charge in [0.2, 0.25) is 0 Å². The van der Waals surface area contributed by atoms with E-state index >= 15 is 0 Å². The fourth-order valence-electron chi connectivity index (χ4n) is 4.11. The van der Waals surface area contributed by atoms with Crippen molar-refractivity contribution >= 4 is 14.9 Å². The quantitative estimate of drug-likeness (QED) is 0.456.